The van der Waals surface area contributed by atoms with Crippen LogP contribution in [0.25, 0.3) is 0 Å². The van der Waals surface area contributed by atoms with Crippen LogP contribution in [0, 0.1) is 0 Å². The van der Waals surface area contributed by atoms with Gasteiger partial charge in [0, 0.05) is 31.9 Å². The smallest absolute Gasteiger partial charge is 0.233 e. The van der Waals surface area contributed by atoms with E-state index in [0.29, 0.717) is 18.5 Å². The highest BCUT2D eigenvalue weighted by Gasteiger charge is 2.10. The summed E-state index contributed by atoms with van der Waals surface area (Å²) in [5.74, 6) is 1.66. The van der Waals surface area contributed by atoms with E-state index in [1.165, 1.54) is 0 Å². The maximum atomic E-state index is 6.02. The first-order valence-electron chi connectivity index (χ1n) is 8.68. The Balaban J connectivity index is 1.56. The summed E-state index contributed by atoms with van der Waals surface area (Å²) in [5.41, 5.74) is 0.843. The molecule has 0 bridgehead atoms. The number of hydrogen-bond acceptors (Lipinski definition) is 8. The van der Waals surface area contributed by atoms with Crippen molar-refractivity contribution in [2.45, 2.75) is 6.92 Å². The van der Waals surface area contributed by atoms with Crippen molar-refractivity contribution in [3.05, 3.63) is 29.5 Å². The van der Waals surface area contributed by atoms with Crippen molar-refractivity contribution in [2.24, 2.45) is 0 Å². The van der Waals surface area contributed by atoms with Gasteiger partial charge in [-0.25, -0.2) is 0 Å². The number of rotatable bonds is 8. The Bertz CT molecular complexity index is 694. The SMILES string of the molecule is CCOc1ccc(Nc2nc(Cl)nc(NCCN3CCOCC3)n2)cc1. The van der Waals surface area contributed by atoms with Crippen molar-refractivity contribution in [3.63, 3.8) is 0 Å². The molecule has 0 aliphatic carbocycles. The van der Waals surface area contributed by atoms with Crippen molar-refractivity contribution >= 4 is 29.2 Å². The van der Waals surface area contributed by atoms with Gasteiger partial charge in [-0.1, -0.05) is 0 Å². The summed E-state index contributed by atoms with van der Waals surface area (Å²) in [4.78, 5) is 14.9. The van der Waals surface area contributed by atoms with Gasteiger partial charge in [-0.3, -0.25) is 4.90 Å². The monoisotopic (exact) mass is 378 g/mol. The van der Waals surface area contributed by atoms with Crippen LogP contribution < -0.4 is 15.4 Å². The van der Waals surface area contributed by atoms with E-state index in [0.717, 1.165) is 50.8 Å². The summed E-state index contributed by atoms with van der Waals surface area (Å²) in [6, 6.07) is 7.56. The first-order chi connectivity index (χ1) is 12.7. The molecule has 2 aromatic rings. The predicted molar refractivity (Wildman–Crippen MR) is 101 cm³/mol. The minimum absolute atomic E-state index is 0.141. The Kier molecular flexibility index (Phi) is 6.82. The van der Waals surface area contributed by atoms with E-state index in [1.807, 2.05) is 31.2 Å². The highest BCUT2D eigenvalue weighted by Crippen LogP contribution is 2.19. The molecule has 3 rings (SSSR count). The normalized spacial score (nSPS) is 14.8. The number of anilines is 3. The van der Waals surface area contributed by atoms with Crippen LogP contribution in [0.3, 0.4) is 0 Å². The van der Waals surface area contributed by atoms with Crippen LogP contribution in [0.5, 0.6) is 5.75 Å². The quantitative estimate of drug-likeness (QED) is 0.724. The van der Waals surface area contributed by atoms with Crippen LogP contribution in [0.15, 0.2) is 24.3 Å². The van der Waals surface area contributed by atoms with Gasteiger partial charge < -0.3 is 20.1 Å². The van der Waals surface area contributed by atoms with E-state index in [2.05, 4.69) is 30.5 Å². The number of hydrogen-bond donors (Lipinski definition) is 2. The highest BCUT2D eigenvalue weighted by atomic mass is 35.5. The first-order valence-corrected chi connectivity index (χ1v) is 9.06. The van der Waals surface area contributed by atoms with E-state index in [9.17, 15) is 0 Å². The zero-order valence-corrected chi connectivity index (χ0v) is 15.5. The number of nitrogens with one attached hydrogen (secondary N) is 2. The number of nitrogens with zero attached hydrogens (tertiary/aromatic N) is 4. The summed E-state index contributed by atoms with van der Waals surface area (Å²) >= 11 is 6.02. The van der Waals surface area contributed by atoms with Crippen molar-refractivity contribution in [1.82, 2.24) is 19.9 Å². The molecule has 1 aromatic heterocycles. The lowest BCUT2D eigenvalue weighted by atomic mass is 10.3. The largest absolute Gasteiger partial charge is 0.494 e. The number of aromatic nitrogens is 3. The number of ether oxygens (including phenoxy) is 2. The molecule has 2 heterocycles. The minimum Gasteiger partial charge on any atom is -0.494 e. The molecule has 1 aromatic carbocycles. The van der Waals surface area contributed by atoms with Crippen LogP contribution in [-0.2, 0) is 4.74 Å². The van der Waals surface area contributed by atoms with Gasteiger partial charge in [0.05, 0.1) is 19.8 Å². The Morgan fingerprint density at radius 1 is 1.12 bits per heavy atom. The molecule has 0 amide bonds. The van der Waals surface area contributed by atoms with Gasteiger partial charge in [0.2, 0.25) is 17.2 Å². The van der Waals surface area contributed by atoms with Crippen molar-refractivity contribution < 1.29 is 9.47 Å². The Labute approximate surface area is 157 Å². The van der Waals surface area contributed by atoms with Gasteiger partial charge in [-0.15, -0.1) is 0 Å². The van der Waals surface area contributed by atoms with Crippen molar-refractivity contribution in [1.29, 1.82) is 0 Å². The van der Waals surface area contributed by atoms with Crippen LogP contribution in [0.1, 0.15) is 6.92 Å². The summed E-state index contributed by atoms with van der Waals surface area (Å²) < 4.78 is 10.8. The van der Waals surface area contributed by atoms with Gasteiger partial charge in [0.1, 0.15) is 5.75 Å². The average molecular weight is 379 g/mol. The zero-order valence-electron chi connectivity index (χ0n) is 14.7. The molecule has 0 saturated carbocycles. The van der Waals surface area contributed by atoms with Crippen LogP contribution in [0.2, 0.25) is 5.28 Å². The Morgan fingerprint density at radius 3 is 2.58 bits per heavy atom. The van der Waals surface area contributed by atoms with Gasteiger partial charge in [0.15, 0.2) is 0 Å². The molecule has 1 aliphatic heterocycles. The average Bonchev–Trinajstić information content (AvgIpc) is 2.64. The van der Waals surface area contributed by atoms with Gasteiger partial charge in [-0.05, 0) is 42.8 Å². The first kappa shape index (κ1) is 18.6. The molecular formula is C17H23ClN6O2. The molecular weight excluding hydrogens is 356 g/mol. The highest BCUT2D eigenvalue weighted by molar-refractivity contribution is 6.28. The molecule has 1 aliphatic rings. The minimum atomic E-state index is 0.141. The third-order valence-electron chi connectivity index (χ3n) is 3.84. The molecule has 1 fully saturated rings. The molecule has 8 nitrogen and oxygen atoms in total. The molecule has 0 radical (unpaired) electrons. The fourth-order valence-electron chi connectivity index (χ4n) is 2.57. The van der Waals surface area contributed by atoms with Gasteiger partial charge in [0.25, 0.3) is 0 Å². The number of halogens is 1. The fraction of sp³-hybridized carbons (Fsp3) is 0.471. The zero-order chi connectivity index (χ0) is 18.2. The third kappa shape index (κ3) is 5.69. The summed E-state index contributed by atoms with van der Waals surface area (Å²) in [7, 11) is 0. The molecule has 26 heavy (non-hydrogen) atoms. The maximum Gasteiger partial charge on any atom is 0.233 e. The Morgan fingerprint density at radius 2 is 1.85 bits per heavy atom. The van der Waals surface area contributed by atoms with E-state index >= 15 is 0 Å². The summed E-state index contributed by atoms with van der Waals surface area (Å²) in [5, 5.41) is 6.46. The lowest BCUT2D eigenvalue weighted by Gasteiger charge is -2.26. The van der Waals surface area contributed by atoms with Crippen LogP contribution >= 0.6 is 11.6 Å². The second kappa shape index (κ2) is 9.51. The van der Waals surface area contributed by atoms with E-state index in [4.69, 9.17) is 21.1 Å². The standard InChI is InChI=1S/C17H23ClN6O2/c1-2-26-14-5-3-13(4-6-14)20-17-22-15(18)21-16(23-17)19-7-8-24-9-11-25-12-10-24/h3-6H,2,7-12H2,1H3,(H2,19,20,21,22,23). The van der Waals surface area contributed by atoms with Gasteiger partial charge in [-0.2, -0.15) is 15.0 Å². The summed E-state index contributed by atoms with van der Waals surface area (Å²) in [6.07, 6.45) is 0. The topological polar surface area (TPSA) is 84.4 Å². The number of morpholine rings is 1. The van der Waals surface area contributed by atoms with Gasteiger partial charge >= 0.3 is 0 Å². The second-order valence-electron chi connectivity index (χ2n) is 5.71. The second-order valence-corrected chi connectivity index (χ2v) is 6.05. The van der Waals surface area contributed by atoms with Crippen LogP contribution in [-0.4, -0.2) is 65.9 Å². The lowest BCUT2D eigenvalue weighted by Crippen LogP contribution is -2.39. The molecule has 0 spiro atoms. The fourth-order valence-corrected chi connectivity index (χ4v) is 2.73. The van der Waals surface area contributed by atoms with Crippen molar-refractivity contribution in [2.75, 3.05) is 56.6 Å². The van der Waals surface area contributed by atoms with E-state index in [1.54, 1.807) is 0 Å². The third-order valence-corrected chi connectivity index (χ3v) is 4.01. The molecule has 0 atom stereocenters. The van der Waals surface area contributed by atoms with Crippen molar-refractivity contribution in [3.8, 4) is 5.75 Å². The summed E-state index contributed by atoms with van der Waals surface area (Å²) in [6.45, 7) is 7.68. The number of benzene rings is 1. The maximum absolute atomic E-state index is 6.02. The molecule has 2 N–H and O–H groups in total. The predicted octanol–water partition coefficient (Wildman–Crippen LogP) is 2.41. The molecule has 1 saturated heterocycles. The molecule has 9 heteroatoms. The molecule has 140 valence electrons. The lowest BCUT2D eigenvalue weighted by molar-refractivity contribution is 0.0398. The van der Waals surface area contributed by atoms with E-state index < -0.39 is 0 Å². The Hall–Kier alpha value is -2.16. The van der Waals surface area contributed by atoms with Crippen LogP contribution in [0.4, 0.5) is 17.6 Å². The molecule has 0 unspecified atom stereocenters. The van der Waals surface area contributed by atoms with E-state index in [-0.39, 0.29) is 5.28 Å².